The van der Waals surface area contributed by atoms with Crippen LogP contribution in [0.2, 0.25) is 0 Å². The quantitative estimate of drug-likeness (QED) is 0.612. The predicted molar refractivity (Wildman–Crippen MR) is 82.5 cm³/mol. The first kappa shape index (κ1) is 15.3. The smallest absolute Gasteiger partial charge is 0.219 e. The lowest BCUT2D eigenvalue weighted by Crippen LogP contribution is -2.34. The van der Waals surface area contributed by atoms with Gasteiger partial charge in [-0.25, -0.2) is 0 Å². The van der Waals surface area contributed by atoms with Crippen LogP contribution in [0.4, 0.5) is 11.4 Å². The zero-order valence-corrected chi connectivity index (χ0v) is 11.9. The summed E-state index contributed by atoms with van der Waals surface area (Å²) < 4.78 is 0. The number of hydrogen-bond acceptors (Lipinski definition) is 5. The lowest BCUT2D eigenvalue weighted by molar-refractivity contribution is -0.118. The maximum atomic E-state index is 10.7. The molecule has 3 N–H and O–H groups in total. The number of hydroxylamine groups is 1. The van der Waals surface area contributed by atoms with Gasteiger partial charge in [0.2, 0.25) is 5.91 Å². The van der Waals surface area contributed by atoms with Gasteiger partial charge in [0.1, 0.15) is 6.29 Å². The Bertz CT molecular complexity index is 487. The molecule has 1 aliphatic rings. The van der Waals surface area contributed by atoms with Gasteiger partial charge in [0.15, 0.2) is 0 Å². The van der Waals surface area contributed by atoms with E-state index in [9.17, 15) is 14.8 Å². The van der Waals surface area contributed by atoms with E-state index in [-0.39, 0.29) is 20.3 Å². The van der Waals surface area contributed by atoms with E-state index in [1.807, 2.05) is 24.3 Å². The molecule has 1 heterocycles. The van der Waals surface area contributed by atoms with Gasteiger partial charge in [-0.05, 0) is 37.1 Å². The predicted octanol–water partition coefficient (Wildman–Crippen LogP) is 1.42. The van der Waals surface area contributed by atoms with E-state index in [4.69, 9.17) is 5.73 Å². The zero-order chi connectivity index (χ0) is 15.2. The van der Waals surface area contributed by atoms with Crippen molar-refractivity contribution >= 4 is 23.6 Å². The van der Waals surface area contributed by atoms with Crippen molar-refractivity contribution in [3.8, 4) is 0 Å². The van der Waals surface area contributed by atoms with Crippen LogP contribution in [0.5, 0.6) is 0 Å². The van der Waals surface area contributed by atoms with Crippen molar-refractivity contribution in [3.63, 3.8) is 0 Å². The van der Waals surface area contributed by atoms with E-state index in [1.165, 1.54) is 0 Å². The molecule has 0 radical (unpaired) electrons. The zero-order valence-electron chi connectivity index (χ0n) is 11.9. The van der Waals surface area contributed by atoms with Gasteiger partial charge in [-0.1, -0.05) is 0 Å². The fraction of sp³-hybridized carbons (Fsp3) is 0.467. The topological polar surface area (TPSA) is 86.9 Å². The summed E-state index contributed by atoms with van der Waals surface area (Å²) in [6.07, 6.45) is 2.92. The van der Waals surface area contributed by atoms with Gasteiger partial charge in [0.05, 0.1) is 12.2 Å². The first-order chi connectivity index (χ1) is 10.1. The minimum atomic E-state index is -0.441. The summed E-state index contributed by atoms with van der Waals surface area (Å²) in [7, 11) is 0. The molecule has 1 aliphatic heterocycles. The molecule has 116 valence electrons. The summed E-state index contributed by atoms with van der Waals surface area (Å²) >= 11 is 0. The Hall–Kier alpha value is -2.08. The molecule has 6 heteroatoms. The number of primary amides is 1. The third-order valence-corrected chi connectivity index (χ3v) is 3.81. The molecule has 2 rings (SSSR count). The Kier molecular flexibility index (Phi) is 5.16. The van der Waals surface area contributed by atoms with Crippen LogP contribution in [0.3, 0.4) is 0 Å². The van der Waals surface area contributed by atoms with Gasteiger partial charge in [-0.2, -0.15) is 0 Å². The van der Waals surface area contributed by atoms with Crippen LogP contribution in [-0.2, 0) is 9.59 Å². The molecule has 0 spiro atoms. The molecule has 1 saturated heterocycles. The molecule has 0 bridgehead atoms. The van der Waals surface area contributed by atoms with E-state index in [0.29, 0.717) is 5.69 Å². The minimum Gasteiger partial charge on any atom is -0.371 e. The van der Waals surface area contributed by atoms with E-state index in [0.717, 1.165) is 43.0 Å². The van der Waals surface area contributed by atoms with Crippen LogP contribution in [-0.4, -0.2) is 37.0 Å². The fourth-order valence-corrected chi connectivity index (χ4v) is 2.47. The second-order valence-electron chi connectivity index (χ2n) is 5.32. The second kappa shape index (κ2) is 7.08. The minimum absolute atomic E-state index is 0. The van der Waals surface area contributed by atoms with E-state index >= 15 is 0 Å². The van der Waals surface area contributed by atoms with Crippen molar-refractivity contribution in [3.05, 3.63) is 24.3 Å². The molecule has 21 heavy (non-hydrogen) atoms. The van der Waals surface area contributed by atoms with Gasteiger partial charge >= 0.3 is 0 Å². The van der Waals surface area contributed by atoms with Crippen LogP contribution < -0.4 is 15.7 Å². The third kappa shape index (κ3) is 4.19. The second-order valence-corrected chi connectivity index (χ2v) is 5.32. The molecule has 1 aromatic rings. The molecule has 6 nitrogen and oxygen atoms in total. The number of aldehydes is 1. The van der Waals surface area contributed by atoms with Crippen LogP contribution in [0.15, 0.2) is 24.3 Å². The molecule has 0 aromatic heterocycles. The van der Waals surface area contributed by atoms with Crippen molar-refractivity contribution < 1.29 is 16.2 Å². The summed E-state index contributed by atoms with van der Waals surface area (Å²) in [5.41, 5.74) is 6.76. The van der Waals surface area contributed by atoms with Gasteiger partial charge in [-0.3, -0.25) is 15.1 Å². The van der Waals surface area contributed by atoms with E-state index < -0.39 is 5.91 Å². The SMILES string of the molecule is NC(=O)CCN(O)c1ccc(N2CCC(C=O)CC2)cc1.[HH]. The van der Waals surface area contributed by atoms with Gasteiger partial charge in [0, 0.05) is 32.5 Å². The molecule has 1 fully saturated rings. The Morgan fingerprint density at radius 3 is 2.52 bits per heavy atom. The summed E-state index contributed by atoms with van der Waals surface area (Å²) in [5, 5.41) is 10.8. The Balaban J connectivity index is 0.00000242. The molecule has 0 saturated carbocycles. The molecule has 1 amide bonds. The highest BCUT2D eigenvalue weighted by Gasteiger charge is 2.18. The number of hydrogen-bond donors (Lipinski definition) is 2. The Morgan fingerprint density at radius 1 is 1.38 bits per heavy atom. The normalized spacial score (nSPS) is 15.8. The molecule has 0 unspecified atom stereocenters. The first-order valence-corrected chi connectivity index (χ1v) is 7.15. The fourth-order valence-electron chi connectivity index (χ4n) is 2.47. The highest BCUT2D eigenvalue weighted by atomic mass is 16.5. The summed E-state index contributed by atoms with van der Waals surface area (Å²) in [4.78, 5) is 23.7. The number of piperidine rings is 1. The maximum Gasteiger partial charge on any atom is 0.219 e. The largest absolute Gasteiger partial charge is 0.371 e. The van der Waals surface area contributed by atoms with Crippen LogP contribution in [0, 0.1) is 5.92 Å². The summed E-state index contributed by atoms with van der Waals surface area (Å²) in [6, 6.07) is 7.48. The van der Waals surface area contributed by atoms with Gasteiger partial charge in [-0.15, -0.1) is 0 Å². The van der Waals surface area contributed by atoms with Crippen LogP contribution in [0.25, 0.3) is 0 Å². The van der Waals surface area contributed by atoms with E-state index in [2.05, 4.69) is 4.90 Å². The highest BCUT2D eigenvalue weighted by molar-refractivity contribution is 5.74. The monoisotopic (exact) mass is 293 g/mol. The molecular weight excluding hydrogens is 270 g/mol. The average molecular weight is 293 g/mol. The third-order valence-electron chi connectivity index (χ3n) is 3.81. The number of carbonyl (C=O) groups excluding carboxylic acids is 2. The number of anilines is 2. The number of nitrogens with zero attached hydrogens (tertiary/aromatic N) is 2. The van der Waals surface area contributed by atoms with Crippen molar-refractivity contribution in [1.82, 2.24) is 0 Å². The Labute approximate surface area is 125 Å². The first-order valence-electron chi connectivity index (χ1n) is 7.15. The lowest BCUT2D eigenvalue weighted by atomic mass is 9.98. The standard InChI is InChI=1S/C15H21N3O3.H2/c16-15(20)7-10-18(21)14-3-1-13(2-4-14)17-8-5-12(11-19)6-9-17;/h1-4,11-12,21H,5-10H2,(H2,16,20);1H. The lowest BCUT2D eigenvalue weighted by Gasteiger charge is -2.31. The van der Waals surface area contributed by atoms with Gasteiger partial charge < -0.3 is 15.4 Å². The van der Waals surface area contributed by atoms with Crippen molar-refractivity contribution in [2.24, 2.45) is 11.7 Å². The summed E-state index contributed by atoms with van der Waals surface area (Å²) in [6.45, 7) is 1.92. The van der Waals surface area contributed by atoms with Gasteiger partial charge in [0.25, 0.3) is 0 Å². The molecule has 0 atom stereocenters. The van der Waals surface area contributed by atoms with Crippen molar-refractivity contribution in [2.75, 3.05) is 29.6 Å². The van der Waals surface area contributed by atoms with E-state index in [1.54, 1.807) is 0 Å². The molecule has 0 aliphatic carbocycles. The number of carbonyl (C=O) groups is 2. The van der Waals surface area contributed by atoms with Crippen molar-refractivity contribution in [2.45, 2.75) is 19.3 Å². The van der Waals surface area contributed by atoms with Crippen LogP contribution >= 0.6 is 0 Å². The number of nitrogens with two attached hydrogens (primary N) is 1. The van der Waals surface area contributed by atoms with Crippen LogP contribution in [0.1, 0.15) is 20.7 Å². The Morgan fingerprint density at radius 2 is 2.00 bits per heavy atom. The number of amides is 1. The number of rotatable bonds is 6. The van der Waals surface area contributed by atoms with Crippen molar-refractivity contribution in [1.29, 1.82) is 0 Å². The molecule has 1 aromatic carbocycles. The highest BCUT2D eigenvalue weighted by Crippen LogP contribution is 2.24. The average Bonchev–Trinajstić information content (AvgIpc) is 2.53. The maximum absolute atomic E-state index is 10.7. The molecular formula is C15H23N3O3. The summed E-state index contributed by atoms with van der Waals surface area (Å²) in [5.74, 6) is -0.258. The number of benzene rings is 1.